The number of benzene rings is 2. The smallest absolute Gasteiger partial charge is 0.295 e. The van der Waals surface area contributed by atoms with Crippen molar-refractivity contribution in [3.8, 4) is 5.75 Å². The van der Waals surface area contributed by atoms with Crippen LogP contribution in [0.25, 0.3) is 5.76 Å². The topological polar surface area (TPSA) is 130 Å². The maximum Gasteiger partial charge on any atom is 0.295 e. The highest BCUT2D eigenvalue weighted by Gasteiger charge is 2.46. The van der Waals surface area contributed by atoms with Crippen molar-refractivity contribution in [3.63, 3.8) is 0 Å². The monoisotopic (exact) mass is 491 g/mol. The summed E-state index contributed by atoms with van der Waals surface area (Å²) >= 11 is 0. The first-order valence-corrected chi connectivity index (χ1v) is 11.7. The van der Waals surface area contributed by atoms with Gasteiger partial charge in [0.05, 0.1) is 29.7 Å². The number of aryl methyl sites for hydroxylation is 1. The molecule has 0 bridgehead atoms. The molecule has 10 heteroatoms. The highest BCUT2D eigenvalue weighted by Crippen LogP contribution is 2.40. The van der Waals surface area contributed by atoms with E-state index in [0.717, 1.165) is 6.42 Å². The number of non-ortho nitro benzene ring substituents is 1. The van der Waals surface area contributed by atoms with Crippen molar-refractivity contribution in [3.05, 3.63) is 94.1 Å². The number of ether oxygens (including phenoxy) is 1. The Balaban J connectivity index is 1.72. The van der Waals surface area contributed by atoms with E-state index in [1.165, 1.54) is 23.1 Å². The summed E-state index contributed by atoms with van der Waals surface area (Å²) in [7, 11) is 0. The second-order valence-corrected chi connectivity index (χ2v) is 8.42. The summed E-state index contributed by atoms with van der Waals surface area (Å²) in [5.74, 6) is -1.31. The molecule has 2 heterocycles. The van der Waals surface area contributed by atoms with Crippen LogP contribution in [0.2, 0.25) is 0 Å². The number of imidazole rings is 1. The average molecular weight is 492 g/mol. The molecule has 1 aromatic heterocycles. The molecule has 0 radical (unpaired) electrons. The fourth-order valence-corrected chi connectivity index (χ4v) is 4.23. The fraction of sp³-hybridized carbons (Fsp3) is 0.269. The molecule has 1 unspecified atom stereocenters. The van der Waals surface area contributed by atoms with E-state index >= 15 is 0 Å². The number of nitrogens with one attached hydrogen (secondary N) is 1. The van der Waals surface area contributed by atoms with Crippen molar-refractivity contribution in [2.24, 2.45) is 0 Å². The van der Waals surface area contributed by atoms with Crippen LogP contribution in [0, 0.1) is 10.1 Å². The van der Waals surface area contributed by atoms with Crippen molar-refractivity contribution in [1.82, 2.24) is 9.88 Å². The molecule has 2 aromatic carbocycles. The molecule has 1 fully saturated rings. The van der Waals surface area contributed by atoms with Gasteiger partial charge < -0.3 is 14.7 Å². The SMILES string of the molecule is CCCOc1ccc(C(O)=C2C(=O)C(=O)N(CCC[n+]3cc[nH]c3)C2c2cccc([N+](=O)[O-])c2)cc1. The van der Waals surface area contributed by atoms with Crippen LogP contribution in [-0.4, -0.2) is 44.8 Å². The number of nitrogens with zero attached hydrogens (tertiary/aromatic N) is 3. The molecular formula is C26H27N4O6+. The number of hydrogen-bond acceptors (Lipinski definition) is 6. The Hall–Kier alpha value is -4.47. The summed E-state index contributed by atoms with van der Waals surface area (Å²) < 4.78 is 7.48. The standard InChI is InChI=1S/C26H26N4O6/c1-2-15-36-21-9-7-18(8-10-21)24(31)22-23(19-5-3-6-20(16-19)30(34)35)29(26(33)25(22)32)13-4-12-28-14-11-27-17-28/h3,5-11,14,16-17,23H,2,4,12-13,15H2,1H3,(H,31,32)/p+1. The Kier molecular flexibility index (Phi) is 7.43. The molecule has 1 saturated heterocycles. The van der Waals surface area contributed by atoms with Crippen LogP contribution in [0.5, 0.6) is 5.75 Å². The van der Waals surface area contributed by atoms with Crippen LogP contribution in [0.15, 0.2) is 72.8 Å². The first kappa shape index (κ1) is 24.6. The second-order valence-electron chi connectivity index (χ2n) is 8.42. The Morgan fingerprint density at radius 2 is 2.00 bits per heavy atom. The largest absolute Gasteiger partial charge is 0.507 e. The fourth-order valence-electron chi connectivity index (χ4n) is 4.23. The summed E-state index contributed by atoms with van der Waals surface area (Å²) in [4.78, 5) is 41.4. The van der Waals surface area contributed by atoms with Crippen molar-refractivity contribution >= 4 is 23.1 Å². The van der Waals surface area contributed by atoms with E-state index in [-0.39, 0.29) is 23.6 Å². The maximum atomic E-state index is 13.2. The second kappa shape index (κ2) is 10.9. The lowest BCUT2D eigenvalue weighted by Crippen LogP contribution is -2.36. The first-order chi connectivity index (χ1) is 17.4. The minimum atomic E-state index is -0.961. The molecule has 1 amide bonds. The minimum absolute atomic E-state index is 0.1000. The number of carbonyl (C=O) groups excluding carboxylic acids is 2. The van der Waals surface area contributed by atoms with E-state index in [0.29, 0.717) is 36.4 Å². The summed E-state index contributed by atoms with van der Waals surface area (Å²) in [5, 5.41) is 22.6. The molecule has 186 valence electrons. The number of hydrogen-bond donors (Lipinski definition) is 2. The van der Waals surface area contributed by atoms with Crippen molar-refractivity contribution < 1.29 is 28.9 Å². The van der Waals surface area contributed by atoms with Gasteiger partial charge in [-0.15, -0.1) is 0 Å². The highest BCUT2D eigenvalue weighted by molar-refractivity contribution is 6.46. The van der Waals surface area contributed by atoms with E-state index < -0.39 is 22.7 Å². The molecule has 4 rings (SSSR count). The Bertz CT molecular complexity index is 1280. The summed E-state index contributed by atoms with van der Waals surface area (Å²) in [5.41, 5.74) is 0.452. The number of Topliss-reactive ketones (excluding diaryl/α,β-unsaturated/α-hetero) is 1. The number of aromatic amines is 1. The number of aliphatic hydroxyl groups is 1. The van der Waals surface area contributed by atoms with Crippen LogP contribution < -0.4 is 9.30 Å². The molecule has 1 atom stereocenters. The third-order valence-electron chi connectivity index (χ3n) is 5.96. The third kappa shape index (κ3) is 5.12. The maximum absolute atomic E-state index is 13.2. The number of H-pyrrole nitrogens is 1. The van der Waals surface area contributed by atoms with Gasteiger partial charge in [0.1, 0.15) is 23.9 Å². The minimum Gasteiger partial charge on any atom is -0.507 e. The molecular weight excluding hydrogens is 464 g/mol. The number of nitro groups is 1. The number of likely N-dealkylation sites (tertiary alicyclic amines) is 1. The lowest BCUT2D eigenvalue weighted by atomic mass is 9.95. The van der Waals surface area contributed by atoms with Gasteiger partial charge in [0.15, 0.2) is 0 Å². The van der Waals surface area contributed by atoms with Crippen LogP contribution in [0.3, 0.4) is 0 Å². The molecule has 0 saturated carbocycles. The predicted molar refractivity (Wildman–Crippen MR) is 130 cm³/mol. The van der Waals surface area contributed by atoms with Crippen LogP contribution in [0.1, 0.15) is 36.9 Å². The van der Waals surface area contributed by atoms with Crippen molar-refractivity contribution in [2.75, 3.05) is 13.2 Å². The first-order valence-electron chi connectivity index (χ1n) is 11.7. The molecule has 10 nitrogen and oxygen atoms in total. The van der Waals surface area contributed by atoms with E-state index in [4.69, 9.17) is 4.74 Å². The number of ketones is 1. The number of amides is 1. The zero-order chi connectivity index (χ0) is 25.7. The quantitative estimate of drug-likeness (QED) is 0.111. The molecule has 3 aromatic rings. The molecule has 0 spiro atoms. The molecule has 36 heavy (non-hydrogen) atoms. The molecule has 0 aliphatic carbocycles. The van der Waals surface area contributed by atoms with E-state index in [1.807, 2.05) is 17.7 Å². The molecule has 1 aliphatic rings. The van der Waals surface area contributed by atoms with Gasteiger partial charge in [0.25, 0.3) is 17.4 Å². The summed E-state index contributed by atoms with van der Waals surface area (Å²) in [6.07, 6.45) is 6.77. The van der Waals surface area contributed by atoms with Gasteiger partial charge in [-0.3, -0.25) is 24.7 Å². The zero-order valence-electron chi connectivity index (χ0n) is 19.8. The average Bonchev–Trinajstić information content (AvgIpc) is 3.50. The van der Waals surface area contributed by atoms with E-state index in [1.54, 1.807) is 42.9 Å². The normalized spacial score (nSPS) is 16.9. The van der Waals surface area contributed by atoms with E-state index in [2.05, 4.69) is 4.98 Å². The van der Waals surface area contributed by atoms with Crippen LogP contribution in [-0.2, 0) is 16.1 Å². The van der Waals surface area contributed by atoms with Crippen molar-refractivity contribution in [1.29, 1.82) is 0 Å². The van der Waals surface area contributed by atoms with Gasteiger partial charge in [-0.25, -0.2) is 4.57 Å². The van der Waals surface area contributed by atoms with Gasteiger partial charge >= 0.3 is 0 Å². The number of carbonyl (C=O) groups is 2. The van der Waals surface area contributed by atoms with Gasteiger partial charge in [-0.2, -0.15) is 0 Å². The van der Waals surface area contributed by atoms with Crippen molar-refractivity contribution in [2.45, 2.75) is 32.4 Å². The molecule has 2 N–H and O–H groups in total. The Morgan fingerprint density at radius 1 is 1.22 bits per heavy atom. The van der Waals surface area contributed by atoms with Crippen LogP contribution >= 0.6 is 0 Å². The summed E-state index contributed by atoms with van der Waals surface area (Å²) in [6, 6.07) is 11.4. The lowest BCUT2D eigenvalue weighted by Gasteiger charge is -2.25. The van der Waals surface area contributed by atoms with Gasteiger partial charge in [-0.05, 0) is 36.2 Å². The third-order valence-corrected chi connectivity index (χ3v) is 5.96. The Labute approximate surface area is 207 Å². The van der Waals surface area contributed by atoms with Gasteiger partial charge in [-0.1, -0.05) is 19.1 Å². The Morgan fingerprint density at radius 3 is 2.67 bits per heavy atom. The summed E-state index contributed by atoms with van der Waals surface area (Å²) in [6.45, 7) is 3.35. The number of aromatic nitrogens is 2. The van der Waals surface area contributed by atoms with Gasteiger partial charge in [0.2, 0.25) is 6.33 Å². The molecule has 1 aliphatic heterocycles. The zero-order valence-corrected chi connectivity index (χ0v) is 19.8. The van der Waals surface area contributed by atoms with E-state index in [9.17, 15) is 24.8 Å². The lowest BCUT2D eigenvalue weighted by molar-refractivity contribution is -0.695. The predicted octanol–water partition coefficient (Wildman–Crippen LogP) is 3.51. The number of aliphatic hydroxyl groups excluding tert-OH is 1. The van der Waals surface area contributed by atoms with Crippen LogP contribution in [0.4, 0.5) is 5.69 Å². The number of nitro benzene ring substituents is 1. The number of rotatable bonds is 10. The highest BCUT2D eigenvalue weighted by atomic mass is 16.6. The van der Waals surface area contributed by atoms with Gasteiger partial charge in [0, 0.05) is 30.7 Å².